The third-order valence-corrected chi connectivity index (χ3v) is 11.0. The van der Waals surface area contributed by atoms with Gasteiger partial charge in [-0.1, -0.05) is 35.3 Å². The van der Waals surface area contributed by atoms with Crippen molar-refractivity contribution in [2.24, 2.45) is 0 Å². The fraction of sp³-hybridized carbons (Fsp3) is 0.750. The zero-order chi connectivity index (χ0) is 15.8. The lowest BCUT2D eigenvalue weighted by Crippen LogP contribution is -2.23. The molecule has 9 heteroatoms. The minimum absolute atomic E-state index is 0.138. The predicted octanol–water partition coefficient (Wildman–Crippen LogP) is 4.02. The molecule has 0 aromatic carbocycles. The number of rotatable bonds is 6. The molecule has 1 saturated heterocycles. The summed E-state index contributed by atoms with van der Waals surface area (Å²) in [5.41, 5.74) is 0. The summed E-state index contributed by atoms with van der Waals surface area (Å²) in [6.07, 6.45) is 0. The average Bonchev–Trinajstić information content (AvgIpc) is 2.40. The van der Waals surface area contributed by atoms with Crippen molar-refractivity contribution < 1.29 is 14.4 Å². The Labute approximate surface area is 151 Å². The van der Waals surface area contributed by atoms with Crippen molar-refractivity contribution in [3.8, 4) is 0 Å². The van der Waals surface area contributed by atoms with Gasteiger partial charge >= 0.3 is 0 Å². The molecule has 0 bridgehead atoms. The Bertz CT molecular complexity index is 326. The molecule has 0 saturated carbocycles. The molecule has 1 fully saturated rings. The van der Waals surface area contributed by atoms with Crippen molar-refractivity contribution in [1.29, 1.82) is 0 Å². The molecule has 120 valence electrons. The van der Waals surface area contributed by atoms with Gasteiger partial charge in [-0.15, -0.1) is 35.3 Å². The summed E-state index contributed by atoms with van der Waals surface area (Å²) in [5, 5.41) is 0.413. The molecule has 1 heterocycles. The molecule has 0 spiro atoms. The SMILES string of the molecule is CC(=O)SCC1SC(CSC(C)=O)SC(CSC(C)=O)S1. The molecule has 3 nitrogen and oxygen atoms in total. The molecular weight excluding hydrogens is 385 g/mol. The van der Waals surface area contributed by atoms with Crippen LogP contribution in [0, 0.1) is 0 Å². The smallest absolute Gasteiger partial charge is 0.185 e. The monoisotopic (exact) mass is 402 g/mol. The van der Waals surface area contributed by atoms with Crippen LogP contribution in [0.4, 0.5) is 0 Å². The number of carbonyl (C=O) groups is 3. The number of carbonyl (C=O) groups excluding carboxylic acids is 3. The van der Waals surface area contributed by atoms with Crippen molar-refractivity contribution >= 4 is 85.9 Å². The van der Waals surface area contributed by atoms with Crippen molar-refractivity contribution in [3.63, 3.8) is 0 Å². The van der Waals surface area contributed by atoms with Gasteiger partial charge in [-0.3, -0.25) is 14.4 Å². The second-order valence-corrected chi connectivity index (χ2v) is 12.8. The van der Waals surface area contributed by atoms with Crippen molar-refractivity contribution in [2.45, 2.75) is 34.5 Å². The van der Waals surface area contributed by atoms with Crippen LogP contribution in [0.25, 0.3) is 0 Å². The van der Waals surface area contributed by atoms with Crippen LogP contribution in [-0.2, 0) is 14.4 Å². The first kappa shape index (κ1) is 20.2. The van der Waals surface area contributed by atoms with E-state index in [1.807, 2.05) is 35.3 Å². The standard InChI is InChI=1S/C12H18O3S6/c1-7(13)16-4-10-19-11(5-17-8(2)14)21-12(20-10)6-18-9(3)15/h10-12H,4-6H2,1-3H3. The highest BCUT2D eigenvalue weighted by Crippen LogP contribution is 2.49. The highest BCUT2D eigenvalue weighted by atomic mass is 32.3. The average molecular weight is 403 g/mol. The van der Waals surface area contributed by atoms with Crippen molar-refractivity contribution in [2.75, 3.05) is 17.3 Å². The molecule has 0 unspecified atom stereocenters. The molecule has 1 aliphatic rings. The molecule has 0 radical (unpaired) electrons. The first-order chi connectivity index (χ1) is 9.86. The topological polar surface area (TPSA) is 51.2 Å². The van der Waals surface area contributed by atoms with Gasteiger partial charge in [0.1, 0.15) is 0 Å². The fourth-order valence-electron chi connectivity index (χ4n) is 1.40. The molecule has 0 aliphatic carbocycles. The Morgan fingerprint density at radius 3 is 1.10 bits per heavy atom. The number of hydrogen-bond donors (Lipinski definition) is 0. The Morgan fingerprint density at radius 2 is 0.905 bits per heavy atom. The first-order valence-corrected chi connectivity index (χ1v) is 12.0. The minimum Gasteiger partial charge on any atom is -0.288 e. The van der Waals surface area contributed by atoms with Gasteiger partial charge in [-0.2, -0.15) is 0 Å². The second kappa shape index (κ2) is 10.8. The molecule has 21 heavy (non-hydrogen) atoms. The maximum atomic E-state index is 11.1. The molecule has 0 aromatic rings. The van der Waals surface area contributed by atoms with Gasteiger partial charge in [-0.05, 0) is 0 Å². The van der Waals surface area contributed by atoms with Gasteiger partial charge in [0.25, 0.3) is 0 Å². The van der Waals surface area contributed by atoms with Crippen LogP contribution in [0.15, 0.2) is 0 Å². The van der Waals surface area contributed by atoms with E-state index < -0.39 is 0 Å². The molecule has 0 N–H and O–H groups in total. The minimum atomic E-state index is 0.138. The Balaban J connectivity index is 2.52. The lowest BCUT2D eigenvalue weighted by atomic mass is 10.9. The summed E-state index contributed by atoms with van der Waals surface area (Å²) in [6, 6.07) is 0. The maximum absolute atomic E-state index is 11.1. The Morgan fingerprint density at radius 1 is 0.667 bits per heavy atom. The van der Waals surface area contributed by atoms with Gasteiger partial charge in [0, 0.05) is 38.0 Å². The summed E-state index contributed by atoms with van der Waals surface area (Å²) >= 11 is 9.58. The normalized spacial score (nSPS) is 25.6. The first-order valence-electron chi connectivity index (χ1n) is 6.23. The molecule has 0 atom stereocenters. The Hall–Kier alpha value is 1.11. The van der Waals surface area contributed by atoms with E-state index in [4.69, 9.17) is 0 Å². The van der Waals surface area contributed by atoms with E-state index >= 15 is 0 Å². The van der Waals surface area contributed by atoms with Crippen LogP contribution in [0.1, 0.15) is 20.8 Å². The third kappa shape index (κ3) is 9.76. The molecule has 1 rings (SSSR count). The lowest BCUT2D eigenvalue weighted by molar-refractivity contribution is -0.109. The van der Waals surface area contributed by atoms with E-state index in [1.54, 1.807) is 20.8 Å². The van der Waals surface area contributed by atoms with E-state index in [2.05, 4.69) is 0 Å². The van der Waals surface area contributed by atoms with Crippen molar-refractivity contribution in [1.82, 2.24) is 0 Å². The van der Waals surface area contributed by atoms with Crippen LogP contribution >= 0.6 is 70.6 Å². The molecular formula is C12H18O3S6. The maximum Gasteiger partial charge on any atom is 0.185 e. The van der Waals surface area contributed by atoms with Crippen molar-refractivity contribution in [3.05, 3.63) is 0 Å². The van der Waals surface area contributed by atoms with Crippen LogP contribution in [-0.4, -0.2) is 46.4 Å². The highest BCUT2D eigenvalue weighted by molar-refractivity contribution is 8.35. The van der Waals surface area contributed by atoms with Crippen LogP contribution in [0.5, 0.6) is 0 Å². The van der Waals surface area contributed by atoms with E-state index in [-0.39, 0.29) is 15.3 Å². The summed E-state index contributed by atoms with van der Waals surface area (Å²) in [4.78, 5) is 33.4. The zero-order valence-electron chi connectivity index (χ0n) is 12.0. The van der Waals surface area contributed by atoms with Gasteiger partial charge in [0.2, 0.25) is 0 Å². The van der Waals surface area contributed by atoms with E-state index in [1.165, 1.54) is 35.3 Å². The van der Waals surface area contributed by atoms with Gasteiger partial charge < -0.3 is 0 Å². The van der Waals surface area contributed by atoms with Gasteiger partial charge in [-0.25, -0.2) is 0 Å². The van der Waals surface area contributed by atoms with Crippen LogP contribution in [0.3, 0.4) is 0 Å². The number of thioether (sulfide) groups is 6. The lowest BCUT2D eigenvalue weighted by Gasteiger charge is -2.33. The largest absolute Gasteiger partial charge is 0.288 e. The molecule has 0 amide bonds. The molecule has 1 aliphatic heterocycles. The van der Waals surface area contributed by atoms with E-state index in [9.17, 15) is 14.4 Å². The summed E-state index contributed by atoms with van der Waals surface area (Å²) in [6.45, 7) is 4.76. The van der Waals surface area contributed by atoms with Gasteiger partial charge in [0.15, 0.2) is 15.3 Å². The third-order valence-electron chi connectivity index (χ3n) is 2.18. The van der Waals surface area contributed by atoms with E-state index in [0.717, 1.165) is 17.3 Å². The summed E-state index contributed by atoms with van der Waals surface area (Å²) in [7, 11) is 0. The fourth-order valence-corrected chi connectivity index (χ4v) is 10.5. The number of hydrogen-bond acceptors (Lipinski definition) is 9. The Kier molecular flexibility index (Phi) is 10.4. The van der Waals surface area contributed by atoms with Crippen LogP contribution < -0.4 is 0 Å². The van der Waals surface area contributed by atoms with E-state index in [0.29, 0.717) is 13.7 Å². The predicted molar refractivity (Wildman–Crippen MR) is 104 cm³/mol. The highest BCUT2D eigenvalue weighted by Gasteiger charge is 2.31. The second-order valence-electron chi connectivity index (χ2n) is 4.10. The summed E-state index contributed by atoms with van der Waals surface area (Å²) in [5.74, 6) is 2.36. The summed E-state index contributed by atoms with van der Waals surface area (Å²) < 4.78 is 1.03. The zero-order valence-corrected chi connectivity index (χ0v) is 16.9. The van der Waals surface area contributed by atoms with Gasteiger partial charge in [0.05, 0.1) is 13.7 Å². The molecule has 0 aromatic heterocycles. The van der Waals surface area contributed by atoms with Crippen LogP contribution in [0.2, 0.25) is 0 Å². The quantitative estimate of drug-likeness (QED) is 0.655.